The molecule has 0 bridgehead atoms. The van der Waals surface area contributed by atoms with Gasteiger partial charge >= 0.3 is 0 Å². The first-order valence-electron chi connectivity index (χ1n) is 6.50. The van der Waals surface area contributed by atoms with Crippen LogP contribution in [0, 0.1) is 0 Å². The largest absolute Gasteiger partial charge is 0.196 e. The van der Waals surface area contributed by atoms with Crippen LogP contribution in [-0.2, 0) is 0 Å². The zero-order chi connectivity index (χ0) is 11.6. The molecule has 3 heteroatoms. The number of halogens is 2. The monoisotopic (exact) mass is 404 g/mol. The molecule has 0 aliphatic carbocycles. The van der Waals surface area contributed by atoms with E-state index >= 15 is 0 Å². The molecule has 0 aliphatic heterocycles. The summed E-state index contributed by atoms with van der Waals surface area (Å²) in [5.41, 5.74) is 0. The summed E-state index contributed by atoms with van der Waals surface area (Å²) in [6.07, 6.45) is 11.3. The summed E-state index contributed by atoms with van der Waals surface area (Å²) >= 11 is 6.75. The van der Waals surface area contributed by atoms with Gasteiger partial charge in [0, 0.05) is 0 Å². The lowest BCUT2D eigenvalue weighted by molar-refractivity contribution is 0.688. The maximum absolute atomic E-state index is 4.01. The fourth-order valence-corrected chi connectivity index (χ4v) is 7.50. The molecule has 0 N–H and O–H groups in total. The van der Waals surface area contributed by atoms with Crippen LogP contribution < -0.4 is 0 Å². The first-order valence-corrected chi connectivity index (χ1v) is 14.3. The number of unbranched alkanes of at least 4 members (excludes halogenated alkanes) is 6. The standard InChI is InChI=1S/C12H26BrISi/c1-3-5-7-9-11-15(13,14)12-10-8-6-4-2/h3-12H2,1-2H3. The second-order valence-corrected chi connectivity index (χ2v) is 22.4. The van der Waals surface area contributed by atoms with Gasteiger partial charge in [0.2, 0.25) is 0 Å². The number of hydrogen-bond donors (Lipinski definition) is 0. The van der Waals surface area contributed by atoms with Gasteiger partial charge in [-0.3, -0.25) is 0 Å². The highest BCUT2D eigenvalue weighted by Gasteiger charge is 2.24. The molecule has 0 heterocycles. The van der Waals surface area contributed by atoms with Crippen molar-refractivity contribution in [2.75, 3.05) is 0 Å². The summed E-state index contributed by atoms with van der Waals surface area (Å²) in [6, 6.07) is 2.94. The zero-order valence-corrected chi connectivity index (χ0v) is 15.1. The molecular weight excluding hydrogens is 379 g/mol. The molecule has 0 rings (SSSR count). The van der Waals surface area contributed by atoms with E-state index in [0.717, 1.165) is 0 Å². The van der Waals surface area contributed by atoms with Crippen LogP contribution >= 0.6 is 37.1 Å². The molecular formula is C12H26BrISi. The Kier molecular flexibility index (Phi) is 11.6. The van der Waals surface area contributed by atoms with Crippen molar-refractivity contribution in [1.82, 2.24) is 0 Å². The van der Waals surface area contributed by atoms with Gasteiger partial charge in [0.05, 0.1) is 0 Å². The van der Waals surface area contributed by atoms with Crippen molar-refractivity contribution in [2.45, 2.75) is 77.3 Å². The van der Waals surface area contributed by atoms with Crippen LogP contribution in [0.2, 0.25) is 12.1 Å². The average molecular weight is 405 g/mol. The molecule has 0 aromatic rings. The van der Waals surface area contributed by atoms with Crippen LogP contribution in [0.3, 0.4) is 0 Å². The topological polar surface area (TPSA) is 0 Å². The highest BCUT2D eigenvalue weighted by atomic mass is 127. The summed E-state index contributed by atoms with van der Waals surface area (Å²) in [5.74, 6) is 0. The lowest BCUT2D eigenvalue weighted by Crippen LogP contribution is -2.16. The maximum atomic E-state index is 4.01. The third-order valence-corrected chi connectivity index (χ3v) is 10.6. The second kappa shape index (κ2) is 10.6. The van der Waals surface area contributed by atoms with E-state index in [1.54, 1.807) is 0 Å². The van der Waals surface area contributed by atoms with Crippen LogP contribution in [0.4, 0.5) is 0 Å². The Balaban J connectivity index is 3.40. The predicted octanol–water partition coefficient (Wildman–Crippen LogP) is 6.42. The van der Waals surface area contributed by atoms with Gasteiger partial charge in [0.25, 0.3) is 0 Å². The summed E-state index contributed by atoms with van der Waals surface area (Å²) < 4.78 is -1.02. The zero-order valence-electron chi connectivity index (χ0n) is 10.3. The summed E-state index contributed by atoms with van der Waals surface area (Å²) in [7, 11) is 0. The van der Waals surface area contributed by atoms with Crippen LogP contribution in [0.5, 0.6) is 0 Å². The minimum atomic E-state index is -1.02. The molecule has 0 saturated heterocycles. The van der Waals surface area contributed by atoms with Crippen molar-refractivity contribution in [1.29, 1.82) is 0 Å². The molecule has 15 heavy (non-hydrogen) atoms. The van der Waals surface area contributed by atoms with E-state index in [4.69, 9.17) is 0 Å². The van der Waals surface area contributed by atoms with Crippen LogP contribution in [0.15, 0.2) is 0 Å². The number of rotatable bonds is 10. The van der Waals surface area contributed by atoms with E-state index in [0.29, 0.717) is 0 Å². The van der Waals surface area contributed by atoms with Gasteiger partial charge in [-0.15, -0.1) is 37.1 Å². The summed E-state index contributed by atoms with van der Waals surface area (Å²) in [5, 5.41) is 0. The molecule has 0 aliphatic rings. The summed E-state index contributed by atoms with van der Waals surface area (Å²) in [4.78, 5) is 0. The molecule has 0 fully saturated rings. The fourth-order valence-electron chi connectivity index (χ4n) is 1.75. The Morgan fingerprint density at radius 1 is 0.800 bits per heavy atom. The molecule has 92 valence electrons. The van der Waals surface area contributed by atoms with Crippen molar-refractivity contribution in [3.8, 4) is 0 Å². The first kappa shape index (κ1) is 16.4. The quantitative estimate of drug-likeness (QED) is 0.170. The predicted molar refractivity (Wildman–Crippen MR) is 86.6 cm³/mol. The second-order valence-electron chi connectivity index (χ2n) is 4.48. The molecule has 0 amide bonds. The van der Waals surface area contributed by atoms with E-state index in [1.807, 2.05) is 0 Å². The van der Waals surface area contributed by atoms with Gasteiger partial charge < -0.3 is 0 Å². The lowest BCUT2D eigenvalue weighted by Gasteiger charge is -2.17. The highest BCUT2D eigenvalue weighted by Crippen LogP contribution is 2.34. The molecule has 0 spiro atoms. The van der Waals surface area contributed by atoms with Crippen LogP contribution in [0.25, 0.3) is 0 Å². The molecule has 0 saturated carbocycles. The first-order chi connectivity index (χ1) is 7.12. The fraction of sp³-hybridized carbons (Fsp3) is 1.00. The average Bonchev–Trinajstić information content (AvgIpc) is 2.20. The van der Waals surface area contributed by atoms with E-state index in [1.165, 1.54) is 63.5 Å². The third-order valence-electron chi connectivity index (χ3n) is 2.79. The van der Waals surface area contributed by atoms with Crippen molar-refractivity contribution in [2.24, 2.45) is 0 Å². The number of hydrogen-bond acceptors (Lipinski definition) is 0. The molecule has 0 aromatic heterocycles. The van der Waals surface area contributed by atoms with Crippen LogP contribution in [0.1, 0.15) is 65.2 Å². The minimum absolute atomic E-state index is 1.02. The molecule has 0 unspecified atom stereocenters. The van der Waals surface area contributed by atoms with E-state index < -0.39 is 4.19 Å². The Morgan fingerprint density at radius 2 is 1.20 bits per heavy atom. The Hall–Kier alpha value is 1.43. The van der Waals surface area contributed by atoms with E-state index in [2.05, 4.69) is 50.9 Å². The van der Waals surface area contributed by atoms with Gasteiger partial charge in [0.15, 0.2) is 4.19 Å². The van der Waals surface area contributed by atoms with Crippen molar-refractivity contribution >= 4 is 41.3 Å². The van der Waals surface area contributed by atoms with Crippen molar-refractivity contribution in [3.63, 3.8) is 0 Å². The normalized spacial score (nSPS) is 12.0. The Morgan fingerprint density at radius 3 is 1.53 bits per heavy atom. The third kappa shape index (κ3) is 11.7. The lowest BCUT2D eigenvalue weighted by atomic mass is 10.2. The summed E-state index contributed by atoms with van der Waals surface area (Å²) in [6.45, 7) is 4.57. The Labute approximate surface area is 118 Å². The Bertz CT molecular complexity index is 126. The van der Waals surface area contributed by atoms with Gasteiger partial charge in [-0.25, -0.2) is 0 Å². The SMILES string of the molecule is CCCCCC[Si](Br)(I)CCCCCC. The van der Waals surface area contributed by atoms with E-state index in [-0.39, 0.29) is 0 Å². The van der Waals surface area contributed by atoms with Crippen molar-refractivity contribution in [3.05, 3.63) is 0 Å². The van der Waals surface area contributed by atoms with Gasteiger partial charge in [-0.1, -0.05) is 65.2 Å². The van der Waals surface area contributed by atoms with Crippen molar-refractivity contribution < 1.29 is 0 Å². The maximum Gasteiger partial charge on any atom is 0.196 e. The van der Waals surface area contributed by atoms with Gasteiger partial charge in [-0.2, -0.15) is 0 Å². The molecule has 0 radical (unpaired) electrons. The van der Waals surface area contributed by atoms with Gasteiger partial charge in [-0.05, 0) is 12.1 Å². The minimum Gasteiger partial charge on any atom is -0.112 e. The van der Waals surface area contributed by atoms with Crippen LogP contribution in [-0.4, -0.2) is 4.19 Å². The highest BCUT2D eigenvalue weighted by molar-refractivity contribution is 14.1. The molecule has 0 atom stereocenters. The smallest absolute Gasteiger partial charge is 0.112 e. The van der Waals surface area contributed by atoms with E-state index in [9.17, 15) is 0 Å². The van der Waals surface area contributed by atoms with Gasteiger partial charge in [0.1, 0.15) is 0 Å². The molecule has 0 aromatic carbocycles. The molecule has 0 nitrogen and oxygen atoms in total.